The van der Waals surface area contributed by atoms with E-state index in [1.54, 1.807) is 18.2 Å². The van der Waals surface area contributed by atoms with Crippen LogP contribution in [-0.2, 0) is 20.9 Å². The second-order valence-corrected chi connectivity index (χ2v) is 6.04. The predicted molar refractivity (Wildman–Crippen MR) is 100 cm³/mol. The first-order valence-electron chi connectivity index (χ1n) is 8.81. The van der Waals surface area contributed by atoms with Crippen LogP contribution in [0.1, 0.15) is 29.3 Å². The van der Waals surface area contributed by atoms with Gasteiger partial charge in [-0.05, 0) is 48.4 Å². The van der Waals surface area contributed by atoms with Gasteiger partial charge in [0.2, 0.25) is 6.79 Å². The Kier molecular flexibility index (Phi) is 6.11. The Labute approximate surface area is 161 Å². The fourth-order valence-corrected chi connectivity index (χ4v) is 2.47. The van der Waals surface area contributed by atoms with E-state index in [0.717, 1.165) is 12.0 Å². The minimum Gasteiger partial charge on any atom is -0.462 e. The van der Waals surface area contributed by atoms with Gasteiger partial charge in [0.25, 0.3) is 0 Å². The first-order valence-corrected chi connectivity index (χ1v) is 8.81. The molecule has 2 aromatic rings. The molecule has 0 spiro atoms. The molecular formula is C20H20N2O6. The van der Waals surface area contributed by atoms with E-state index in [4.69, 9.17) is 14.2 Å². The van der Waals surface area contributed by atoms with Crippen LogP contribution >= 0.6 is 0 Å². The van der Waals surface area contributed by atoms with Crippen LogP contribution in [0.15, 0.2) is 42.5 Å². The topological polar surface area (TPSA) is 103 Å². The lowest BCUT2D eigenvalue weighted by molar-refractivity contribution is -0.136. The Balaban J connectivity index is 1.50. The molecule has 1 heterocycles. The predicted octanol–water partition coefficient (Wildman–Crippen LogP) is 2.24. The number of anilines is 1. The first kappa shape index (κ1) is 19.2. The van der Waals surface area contributed by atoms with Gasteiger partial charge < -0.3 is 24.8 Å². The summed E-state index contributed by atoms with van der Waals surface area (Å²) in [6.07, 6.45) is 0.737. The van der Waals surface area contributed by atoms with Crippen LogP contribution < -0.4 is 20.1 Å². The summed E-state index contributed by atoms with van der Waals surface area (Å²) >= 11 is 0. The average Bonchev–Trinajstić information content (AvgIpc) is 3.18. The molecule has 0 aromatic heterocycles. The molecule has 0 saturated heterocycles. The standard InChI is InChI=1S/C20H20N2O6/c1-2-9-26-20(25)14-4-6-15(7-5-14)22-19(24)18(23)21-11-13-3-8-16-17(10-13)28-12-27-16/h3-8,10H,2,9,11-12H2,1H3,(H,21,23)(H,22,24). The van der Waals surface area contributed by atoms with E-state index in [-0.39, 0.29) is 13.3 Å². The smallest absolute Gasteiger partial charge is 0.338 e. The number of rotatable bonds is 6. The number of nitrogens with one attached hydrogen (secondary N) is 2. The van der Waals surface area contributed by atoms with Gasteiger partial charge in [-0.2, -0.15) is 0 Å². The van der Waals surface area contributed by atoms with Crippen molar-refractivity contribution in [2.45, 2.75) is 19.9 Å². The Morgan fingerprint density at radius 1 is 1.00 bits per heavy atom. The Hall–Kier alpha value is -3.55. The minimum absolute atomic E-state index is 0.169. The zero-order valence-corrected chi connectivity index (χ0v) is 15.3. The first-order chi connectivity index (χ1) is 13.6. The highest BCUT2D eigenvalue weighted by molar-refractivity contribution is 6.39. The molecule has 0 radical (unpaired) electrons. The summed E-state index contributed by atoms with van der Waals surface area (Å²) in [6.45, 7) is 2.60. The fraction of sp³-hybridized carbons (Fsp3) is 0.250. The Bertz CT molecular complexity index is 879. The van der Waals surface area contributed by atoms with E-state index in [9.17, 15) is 14.4 Å². The highest BCUT2D eigenvalue weighted by Crippen LogP contribution is 2.32. The lowest BCUT2D eigenvalue weighted by Crippen LogP contribution is -2.34. The molecule has 1 aliphatic rings. The molecule has 3 rings (SSSR count). The van der Waals surface area contributed by atoms with E-state index in [0.29, 0.717) is 29.4 Å². The number of amides is 2. The largest absolute Gasteiger partial charge is 0.462 e. The molecule has 8 heteroatoms. The van der Waals surface area contributed by atoms with Gasteiger partial charge in [0, 0.05) is 12.2 Å². The van der Waals surface area contributed by atoms with E-state index < -0.39 is 17.8 Å². The van der Waals surface area contributed by atoms with Crippen molar-refractivity contribution in [2.75, 3.05) is 18.7 Å². The van der Waals surface area contributed by atoms with Gasteiger partial charge in [-0.1, -0.05) is 13.0 Å². The van der Waals surface area contributed by atoms with Crippen LogP contribution in [0.4, 0.5) is 5.69 Å². The van der Waals surface area contributed by atoms with E-state index in [2.05, 4.69) is 10.6 Å². The van der Waals surface area contributed by atoms with Crippen molar-refractivity contribution >= 4 is 23.5 Å². The maximum absolute atomic E-state index is 12.0. The van der Waals surface area contributed by atoms with Crippen molar-refractivity contribution < 1.29 is 28.6 Å². The Morgan fingerprint density at radius 3 is 2.50 bits per heavy atom. The monoisotopic (exact) mass is 384 g/mol. The summed E-state index contributed by atoms with van der Waals surface area (Å²) in [5.74, 6) is -0.754. The van der Waals surface area contributed by atoms with Crippen LogP contribution in [-0.4, -0.2) is 31.2 Å². The molecule has 1 aliphatic heterocycles. The number of hydrogen-bond donors (Lipinski definition) is 2. The zero-order valence-electron chi connectivity index (χ0n) is 15.3. The van der Waals surface area contributed by atoms with Crippen LogP contribution in [0.5, 0.6) is 11.5 Å². The van der Waals surface area contributed by atoms with Crippen molar-refractivity contribution in [3.63, 3.8) is 0 Å². The summed E-state index contributed by atoms with van der Waals surface area (Å²) in [5.41, 5.74) is 1.55. The van der Waals surface area contributed by atoms with Crippen LogP contribution in [0, 0.1) is 0 Å². The third-order valence-electron chi connectivity index (χ3n) is 3.91. The second-order valence-electron chi connectivity index (χ2n) is 6.04. The lowest BCUT2D eigenvalue weighted by atomic mass is 10.2. The molecule has 2 amide bonds. The van der Waals surface area contributed by atoms with E-state index >= 15 is 0 Å². The SMILES string of the molecule is CCCOC(=O)c1ccc(NC(=O)C(=O)NCc2ccc3c(c2)OCO3)cc1. The maximum Gasteiger partial charge on any atom is 0.338 e. The van der Waals surface area contributed by atoms with Crippen molar-refractivity contribution in [2.24, 2.45) is 0 Å². The fourth-order valence-electron chi connectivity index (χ4n) is 2.47. The van der Waals surface area contributed by atoms with Crippen molar-refractivity contribution in [1.82, 2.24) is 5.32 Å². The second kappa shape index (κ2) is 8.90. The lowest BCUT2D eigenvalue weighted by Gasteiger charge is -2.08. The van der Waals surface area contributed by atoms with Crippen LogP contribution in [0.2, 0.25) is 0 Å². The highest BCUT2D eigenvalue weighted by atomic mass is 16.7. The summed E-state index contributed by atoms with van der Waals surface area (Å²) in [5, 5.41) is 5.02. The summed E-state index contributed by atoms with van der Waals surface area (Å²) in [7, 11) is 0. The summed E-state index contributed by atoms with van der Waals surface area (Å²) in [4.78, 5) is 35.8. The molecule has 146 valence electrons. The van der Waals surface area contributed by atoms with Crippen molar-refractivity contribution in [3.05, 3.63) is 53.6 Å². The molecule has 0 atom stereocenters. The number of fused-ring (bicyclic) bond motifs is 1. The van der Waals surface area contributed by atoms with Gasteiger partial charge >= 0.3 is 17.8 Å². The van der Waals surface area contributed by atoms with Gasteiger partial charge in [-0.15, -0.1) is 0 Å². The quantitative estimate of drug-likeness (QED) is 0.585. The molecular weight excluding hydrogens is 364 g/mol. The third kappa shape index (κ3) is 4.79. The van der Waals surface area contributed by atoms with Gasteiger partial charge in [0.05, 0.1) is 12.2 Å². The summed E-state index contributed by atoms with van der Waals surface area (Å²) in [6, 6.07) is 11.4. The number of carbonyl (C=O) groups excluding carboxylic acids is 3. The number of benzene rings is 2. The molecule has 0 saturated carbocycles. The third-order valence-corrected chi connectivity index (χ3v) is 3.91. The van der Waals surface area contributed by atoms with Crippen molar-refractivity contribution in [3.8, 4) is 11.5 Å². The molecule has 0 aliphatic carbocycles. The minimum atomic E-state index is -0.804. The average molecular weight is 384 g/mol. The number of carbonyl (C=O) groups is 3. The molecule has 0 fully saturated rings. The molecule has 0 bridgehead atoms. The maximum atomic E-state index is 12.0. The number of hydrogen-bond acceptors (Lipinski definition) is 6. The van der Waals surface area contributed by atoms with Gasteiger partial charge in [-0.25, -0.2) is 4.79 Å². The van der Waals surface area contributed by atoms with Crippen molar-refractivity contribution in [1.29, 1.82) is 0 Å². The van der Waals surface area contributed by atoms with Crippen LogP contribution in [0.3, 0.4) is 0 Å². The van der Waals surface area contributed by atoms with Crippen LogP contribution in [0.25, 0.3) is 0 Å². The molecule has 0 unspecified atom stereocenters. The number of ether oxygens (including phenoxy) is 3. The summed E-state index contributed by atoms with van der Waals surface area (Å²) < 4.78 is 15.5. The number of esters is 1. The zero-order chi connectivity index (χ0) is 19.9. The molecule has 2 N–H and O–H groups in total. The van der Waals surface area contributed by atoms with E-state index in [1.165, 1.54) is 24.3 Å². The van der Waals surface area contributed by atoms with E-state index in [1.807, 2.05) is 6.92 Å². The van der Waals surface area contributed by atoms with Gasteiger partial charge in [0.1, 0.15) is 0 Å². The molecule has 2 aromatic carbocycles. The highest BCUT2D eigenvalue weighted by Gasteiger charge is 2.16. The van der Waals surface area contributed by atoms with Gasteiger partial charge in [-0.3, -0.25) is 9.59 Å². The normalized spacial score (nSPS) is 11.6. The van der Waals surface area contributed by atoms with Gasteiger partial charge in [0.15, 0.2) is 11.5 Å². The molecule has 28 heavy (non-hydrogen) atoms. The Morgan fingerprint density at radius 2 is 1.75 bits per heavy atom. The molecule has 8 nitrogen and oxygen atoms in total.